The van der Waals surface area contributed by atoms with Gasteiger partial charge in [-0.05, 0) is 25.0 Å². The van der Waals surface area contributed by atoms with Gasteiger partial charge in [-0.2, -0.15) is 0 Å². The summed E-state index contributed by atoms with van der Waals surface area (Å²) in [4.78, 5) is 26.4. The molecule has 6 nitrogen and oxygen atoms in total. The molecular formula is C17H18N2O4. The lowest BCUT2D eigenvalue weighted by atomic mass is 9.73. The van der Waals surface area contributed by atoms with Crippen molar-refractivity contribution in [2.75, 3.05) is 0 Å². The van der Waals surface area contributed by atoms with Crippen molar-refractivity contribution in [3.05, 3.63) is 30.2 Å². The van der Waals surface area contributed by atoms with Crippen LogP contribution in [0.1, 0.15) is 44.2 Å². The number of carbonyl (C=O) groups is 2. The standard InChI is InChI=1S/C17H18N2O4/c20-15-10-17(6-2-1-3-7-17)16(21)19(15)11-12-9-14(23-18-12)13-5-4-8-22-13/h4-5,8-9H,1-3,6-7,10-11H2. The Balaban J connectivity index is 1.52. The highest BCUT2D eigenvalue weighted by atomic mass is 16.5. The van der Waals surface area contributed by atoms with Crippen molar-refractivity contribution in [1.29, 1.82) is 0 Å². The van der Waals surface area contributed by atoms with E-state index in [2.05, 4.69) is 5.16 Å². The first-order valence-corrected chi connectivity index (χ1v) is 8.02. The third kappa shape index (κ3) is 2.38. The number of hydrogen-bond acceptors (Lipinski definition) is 5. The van der Waals surface area contributed by atoms with E-state index < -0.39 is 5.41 Å². The molecule has 2 fully saturated rings. The Morgan fingerprint density at radius 2 is 2.00 bits per heavy atom. The molecule has 1 saturated carbocycles. The fourth-order valence-corrected chi connectivity index (χ4v) is 3.72. The van der Waals surface area contributed by atoms with E-state index in [4.69, 9.17) is 8.94 Å². The summed E-state index contributed by atoms with van der Waals surface area (Å²) in [7, 11) is 0. The van der Waals surface area contributed by atoms with Gasteiger partial charge in [0.15, 0.2) is 5.76 Å². The molecule has 6 heteroatoms. The van der Waals surface area contributed by atoms with Crippen molar-refractivity contribution in [2.24, 2.45) is 5.41 Å². The van der Waals surface area contributed by atoms with Crippen LogP contribution in [0, 0.1) is 5.41 Å². The molecule has 0 N–H and O–H groups in total. The number of amides is 2. The van der Waals surface area contributed by atoms with Gasteiger partial charge in [0, 0.05) is 12.5 Å². The summed E-state index contributed by atoms with van der Waals surface area (Å²) in [5.41, 5.74) is 0.106. The second-order valence-electron chi connectivity index (χ2n) is 6.46. The molecule has 0 aromatic carbocycles. The minimum atomic E-state index is -0.455. The molecule has 1 aliphatic heterocycles. The lowest BCUT2D eigenvalue weighted by Crippen LogP contribution is -2.36. The van der Waals surface area contributed by atoms with Crippen LogP contribution in [-0.4, -0.2) is 21.9 Å². The van der Waals surface area contributed by atoms with Crippen LogP contribution >= 0.6 is 0 Å². The van der Waals surface area contributed by atoms with E-state index in [0.717, 1.165) is 32.1 Å². The Hall–Kier alpha value is -2.37. The first-order chi connectivity index (χ1) is 11.2. The number of furan rings is 1. The van der Waals surface area contributed by atoms with Crippen molar-refractivity contribution in [3.63, 3.8) is 0 Å². The fraction of sp³-hybridized carbons (Fsp3) is 0.471. The largest absolute Gasteiger partial charge is 0.461 e. The van der Waals surface area contributed by atoms with Gasteiger partial charge in [0.05, 0.1) is 18.2 Å². The van der Waals surface area contributed by atoms with Gasteiger partial charge in [0.1, 0.15) is 5.69 Å². The normalized spacial score (nSPS) is 20.6. The summed E-state index contributed by atoms with van der Waals surface area (Å²) in [5.74, 6) is 0.937. The van der Waals surface area contributed by atoms with E-state index in [0.29, 0.717) is 23.6 Å². The molecule has 0 radical (unpaired) electrons. The zero-order valence-electron chi connectivity index (χ0n) is 12.8. The maximum absolute atomic E-state index is 12.8. The zero-order valence-corrected chi connectivity index (χ0v) is 12.8. The van der Waals surface area contributed by atoms with Gasteiger partial charge in [-0.25, -0.2) is 0 Å². The molecule has 3 heterocycles. The number of aromatic nitrogens is 1. The van der Waals surface area contributed by atoms with E-state index in [1.807, 2.05) is 0 Å². The molecule has 4 rings (SSSR count). The molecule has 0 bridgehead atoms. The van der Waals surface area contributed by atoms with Gasteiger partial charge in [-0.1, -0.05) is 24.4 Å². The third-order valence-corrected chi connectivity index (χ3v) is 4.94. The van der Waals surface area contributed by atoms with Crippen molar-refractivity contribution >= 4 is 11.8 Å². The predicted octanol–water partition coefficient (Wildman–Crippen LogP) is 3.14. The number of carbonyl (C=O) groups excluding carboxylic acids is 2. The minimum Gasteiger partial charge on any atom is -0.461 e. The number of nitrogens with zero attached hydrogens (tertiary/aromatic N) is 2. The van der Waals surface area contributed by atoms with Crippen molar-refractivity contribution in [2.45, 2.75) is 45.1 Å². The first-order valence-electron chi connectivity index (χ1n) is 8.02. The Morgan fingerprint density at radius 3 is 2.74 bits per heavy atom. The molecule has 1 aliphatic carbocycles. The summed E-state index contributed by atoms with van der Waals surface area (Å²) in [5, 5.41) is 3.96. The first kappa shape index (κ1) is 14.2. The number of likely N-dealkylation sites (tertiary alicyclic amines) is 1. The molecule has 2 aromatic rings. The zero-order chi connectivity index (χ0) is 15.9. The monoisotopic (exact) mass is 314 g/mol. The van der Waals surface area contributed by atoms with Crippen LogP contribution in [0.4, 0.5) is 0 Å². The highest BCUT2D eigenvalue weighted by Crippen LogP contribution is 2.45. The van der Waals surface area contributed by atoms with Crippen molar-refractivity contribution in [1.82, 2.24) is 10.1 Å². The Bertz CT molecular complexity index is 726. The summed E-state index contributed by atoms with van der Waals surface area (Å²) in [6, 6.07) is 5.25. The van der Waals surface area contributed by atoms with E-state index >= 15 is 0 Å². The molecule has 2 aliphatic rings. The fourth-order valence-electron chi connectivity index (χ4n) is 3.72. The van der Waals surface area contributed by atoms with Crippen LogP contribution < -0.4 is 0 Å². The quantitative estimate of drug-likeness (QED) is 0.813. The lowest BCUT2D eigenvalue weighted by molar-refractivity contribution is -0.143. The minimum absolute atomic E-state index is 0.0373. The number of hydrogen-bond donors (Lipinski definition) is 0. The van der Waals surface area contributed by atoms with Crippen LogP contribution in [0.2, 0.25) is 0 Å². The van der Waals surface area contributed by atoms with E-state index in [9.17, 15) is 9.59 Å². The average Bonchev–Trinajstić information content (AvgIpc) is 3.27. The van der Waals surface area contributed by atoms with Crippen LogP contribution in [0.5, 0.6) is 0 Å². The number of rotatable bonds is 3. The topological polar surface area (TPSA) is 76.6 Å². The Labute approximate surface area is 133 Å². The summed E-state index contributed by atoms with van der Waals surface area (Å²) >= 11 is 0. The molecule has 2 amide bonds. The van der Waals surface area contributed by atoms with E-state index in [1.54, 1.807) is 24.5 Å². The van der Waals surface area contributed by atoms with Crippen LogP contribution in [0.3, 0.4) is 0 Å². The van der Waals surface area contributed by atoms with Crippen molar-refractivity contribution < 1.29 is 18.5 Å². The summed E-state index contributed by atoms with van der Waals surface area (Å²) in [6.07, 6.45) is 6.75. The molecule has 1 spiro atoms. The highest BCUT2D eigenvalue weighted by molar-refractivity contribution is 6.05. The Kier molecular flexibility index (Phi) is 3.32. The molecule has 2 aromatic heterocycles. The van der Waals surface area contributed by atoms with E-state index in [-0.39, 0.29) is 18.4 Å². The van der Waals surface area contributed by atoms with Gasteiger partial charge in [0.2, 0.25) is 17.6 Å². The third-order valence-electron chi connectivity index (χ3n) is 4.94. The van der Waals surface area contributed by atoms with Crippen molar-refractivity contribution in [3.8, 4) is 11.5 Å². The van der Waals surface area contributed by atoms with Gasteiger partial charge in [-0.15, -0.1) is 0 Å². The molecule has 120 valence electrons. The maximum Gasteiger partial charge on any atom is 0.236 e. The van der Waals surface area contributed by atoms with Gasteiger partial charge in [-0.3, -0.25) is 14.5 Å². The van der Waals surface area contributed by atoms with Crippen LogP contribution in [0.25, 0.3) is 11.5 Å². The maximum atomic E-state index is 12.8. The van der Waals surface area contributed by atoms with Crippen LogP contribution in [-0.2, 0) is 16.1 Å². The second kappa shape index (κ2) is 5.37. The van der Waals surface area contributed by atoms with Crippen LogP contribution in [0.15, 0.2) is 33.4 Å². The molecule has 0 unspecified atom stereocenters. The second-order valence-corrected chi connectivity index (χ2v) is 6.46. The molecule has 0 atom stereocenters. The number of imide groups is 1. The molecular weight excluding hydrogens is 296 g/mol. The van der Waals surface area contributed by atoms with Gasteiger partial charge < -0.3 is 8.94 Å². The summed E-state index contributed by atoms with van der Waals surface area (Å²) in [6.45, 7) is 0.170. The molecule has 23 heavy (non-hydrogen) atoms. The predicted molar refractivity (Wildman–Crippen MR) is 79.9 cm³/mol. The highest BCUT2D eigenvalue weighted by Gasteiger charge is 2.51. The smallest absolute Gasteiger partial charge is 0.236 e. The Morgan fingerprint density at radius 1 is 1.17 bits per heavy atom. The average molecular weight is 314 g/mol. The van der Waals surface area contributed by atoms with E-state index in [1.165, 1.54) is 4.90 Å². The molecule has 1 saturated heterocycles. The summed E-state index contributed by atoms with van der Waals surface area (Å²) < 4.78 is 10.5. The van der Waals surface area contributed by atoms with Gasteiger partial charge >= 0.3 is 0 Å². The van der Waals surface area contributed by atoms with Gasteiger partial charge in [0.25, 0.3) is 0 Å². The lowest BCUT2D eigenvalue weighted by Gasteiger charge is -2.30. The SMILES string of the molecule is O=C1CC2(CCCCC2)C(=O)N1Cc1cc(-c2ccco2)on1.